The fourth-order valence-corrected chi connectivity index (χ4v) is 2.85. The zero-order chi connectivity index (χ0) is 18.0. The van der Waals surface area contributed by atoms with Gasteiger partial charge in [-0.2, -0.15) is 5.10 Å². The van der Waals surface area contributed by atoms with E-state index in [-0.39, 0.29) is 11.7 Å². The molecule has 0 bridgehead atoms. The van der Waals surface area contributed by atoms with Gasteiger partial charge in [-0.1, -0.05) is 0 Å². The molecule has 1 saturated heterocycles. The second-order valence-electron chi connectivity index (χ2n) is 6.34. The molecule has 1 amide bonds. The molecule has 134 valence electrons. The molecule has 2 heterocycles. The molecule has 0 atom stereocenters. The van der Waals surface area contributed by atoms with Gasteiger partial charge in [0.05, 0.1) is 18.9 Å². The standard InChI is InChI=1S/C18H22FN3O3/c1-12-10-13(4-5-14(12)19)16-11-15(21-22(16)3)17(23)20-7-6-18(2)24-8-9-25-18/h4-5,10-11H,6-9H2,1-3H3,(H,20,23). The Kier molecular flexibility index (Phi) is 4.87. The number of ether oxygens (including phenoxy) is 2. The number of benzene rings is 1. The average Bonchev–Trinajstić information content (AvgIpc) is 3.16. The van der Waals surface area contributed by atoms with E-state index in [1.807, 2.05) is 6.92 Å². The first kappa shape index (κ1) is 17.6. The molecule has 0 spiro atoms. The first-order chi connectivity index (χ1) is 11.9. The summed E-state index contributed by atoms with van der Waals surface area (Å²) >= 11 is 0. The van der Waals surface area contributed by atoms with Crippen molar-refractivity contribution in [2.45, 2.75) is 26.1 Å². The van der Waals surface area contributed by atoms with E-state index in [1.165, 1.54) is 6.07 Å². The van der Waals surface area contributed by atoms with Gasteiger partial charge in [-0.15, -0.1) is 0 Å². The Labute approximate surface area is 145 Å². The van der Waals surface area contributed by atoms with Crippen LogP contribution in [0.2, 0.25) is 0 Å². The third kappa shape index (κ3) is 3.88. The quantitative estimate of drug-likeness (QED) is 0.902. The second-order valence-corrected chi connectivity index (χ2v) is 6.34. The van der Waals surface area contributed by atoms with Gasteiger partial charge in [-0.05, 0) is 43.7 Å². The van der Waals surface area contributed by atoms with Gasteiger partial charge in [0.15, 0.2) is 11.5 Å². The highest BCUT2D eigenvalue weighted by atomic mass is 19.1. The summed E-state index contributed by atoms with van der Waals surface area (Å²) in [6.07, 6.45) is 0.565. The van der Waals surface area contributed by atoms with Gasteiger partial charge < -0.3 is 14.8 Å². The van der Waals surface area contributed by atoms with Crippen LogP contribution in [0.5, 0.6) is 0 Å². The van der Waals surface area contributed by atoms with Crippen LogP contribution >= 0.6 is 0 Å². The number of carbonyl (C=O) groups is 1. The largest absolute Gasteiger partial charge is 0.350 e. The van der Waals surface area contributed by atoms with Crippen molar-refractivity contribution in [3.05, 3.63) is 41.3 Å². The molecule has 2 aromatic rings. The molecule has 1 N–H and O–H groups in total. The maximum Gasteiger partial charge on any atom is 0.271 e. The molecule has 1 aliphatic rings. The lowest BCUT2D eigenvalue weighted by Crippen LogP contribution is -2.33. The van der Waals surface area contributed by atoms with E-state index in [0.29, 0.717) is 37.4 Å². The van der Waals surface area contributed by atoms with E-state index in [4.69, 9.17) is 9.47 Å². The van der Waals surface area contributed by atoms with Crippen LogP contribution in [0.4, 0.5) is 4.39 Å². The summed E-state index contributed by atoms with van der Waals surface area (Å²) in [7, 11) is 1.76. The monoisotopic (exact) mass is 347 g/mol. The zero-order valence-corrected chi connectivity index (χ0v) is 14.6. The molecule has 1 fully saturated rings. The molecule has 0 unspecified atom stereocenters. The van der Waals surface area contributed by atoms with Crippen molar-refractivity contribution in [1.29, 1.82) is 0 Å². The van der Waals surface area contributed by atoms with Gasteiger partial charge in [0.2, 0.25) is 0 Å². The maximum absolute atomic E-state index is 13.4. The van der Waals surface area contributed by atoms with Crippen molar-refractivity contribution in [2.75, 3.05) is 19.8 Å². The number of hydrogen-bond acceptors (Lipinski definition) is 4. The van der Waals surface area contributed by atoms with Crippen molar-refractivity contribution < 1.29 is 18.7 Å². The van der Waals surface area contributed by atoms with Gasteiger partial charge in [0.25, 0.3) is 5.91 Å². The van der Waals surface area contributed by atoms with Gasteiger partial charge >= 0.3 is 0 Å². The normalized spacial score (nSPS) is 16.2. The molecular formula is C18H22FN3O3. The van der Waals surface area contributed by atoms with E-state index >= 15 is 0 Å². The predicted molar refractivity (Wildman–Crippen MR) is 90.6 cm³/mol. The molecular weight excluding hydrogens is 325 g/mol. The number of aryl methyl sites for hydroxylation is 2. The van der Waals surface area contributed by atoms with Crippen molar-refractivity contribution >= 4 is 5.91 Å². The minimum atomic E-state index is -0.631. The van der Waals surface area contributed by atoms with E-state index in [1.54, 1.807) is 36.9 Å². The van der Waals surface area contributed by atoms with Crippen LogP contribution in [0.25, 0.3) is 11.3 Å². The number of nitrogens with one attached hydrogen (secondary N) is 1. The fraction of sp³-hybridized carbons (Fsp3) is 0.444. The van der Waals surface area contributed by atoms with Crippen LogP contribution in [-0.2, 0) is 16.5 Å². The third-order valence-corrected chi connectivity index (χ3v) is 4.33. The molecule has 1 aromatic carbocycles. The number of rotatable bonds is 5. The minimum Gasteiger partial charge on any atom is -0.350 e. The first-order valence-electron chi connectivity index (χ1n) is 8.25. The highest BCUT2D eigenvalue weighted by Gasteiger charge is 2.30. The fourth-order valence-electron chi connectivity index (χ4n) is 2.85. The third-order valence-electron chi connectivity index (χ3n) is 4.33. The van der Waals surface area contributed by atoms with Crippen LogP contribution in [0.15, 0.2) is 24.3 Å². The molecule has 1 aromatic heterocycles. The summed E-state index contributed by atoms with van der Waals surface area (Å²) in [5.74, 6) is -1.15. The number of hydrogen-bond donors (Lipinski definition) is 1. The van der Waals surface area contributed by atoms with Crippen LogP contribution < -0.4 is 5.32 Å². The molecule has 1 aliphatic heterocycles. The number of halogens is 1. The maximum atomic E-state index is 13.4. The summed E-state index contributed by atoms with van der Waals surface area (Å²) in [6.45, 7) is 5.14. The van der Waals surface area contributed by atoms with Crippen molar-refractivity contribution in [3.8, 4) is 11.3 Å². The summed E-state index contributed by atoms with van der Waals surface area (Å²) in [6, 6.07) is 6.53. The molecule has 0 radical (unpaired) electrons. The Morgan fingerprint density at radius 3 is 2.76 bits per heavy atom. The van der Waals surface area contributed by atoms with E-state index in [9.17, 15) is 9.18 Å². The van der Waals surface area contributed by atoms with Gasteiger partial charge in [-0.25, -0.2) is 4.39 Å². The Bertz CT molecular complexity index is 782. The lowest BCUT2D eigenvalue weighted by molar-refractivity contribution is -0.145. The average molecular weight is 347 g/mol. The van der Waals surface area contributed by atoms with E-state index < -0.39 is 5.79 Å². The highest BCUT2D eigenvalue weighted by molar-refractivity contribution is 5.93. The SMILES string of the molecule is Cc1cc(-c2cc(C(=O)NCCC3(C)OCCO3)nn2C)ccc1F. The summed E-state index contributed by atoms with van der Waals surface area (Å²) in [5, 5.41) is 7.08. The molecule has 0 aliphatic carbocycles. The second kappa shape index (κ2) is 6.93. The van der Waals surface area contributed by atoms with Crippen LogP contribution in [0.1, 0.15) is 29.4 Å². The van der Waals surface area contributed by atoms with Gasteiger partial charge in [0.1, 0.15) is 5.82 Å². The molecule has 0 saturated carbocycles. The summed E-state index contributed by atoms with van der Waals surface area (Å²) in [4.78, 5) is 12.3. The Balaban J connectivity index is 1.66. The zero-order valence-electron chi connectivity index (χ0n) is 14.6. The molecule has 6 nitrogen and oxygen atoms in total. The van der Waals surface area contributed by atoms with Crippen molar-refractivity contribution in [2.24, 2.45) is 7.05 Å². The number of carbonyl (C=O) groups excluding carboxylic acids is 1. The van der Waals surface area contributed by atoms with Crippen LogP contribution in [0.3, 0.4) is 0 Å². The smallest absolute Gasteiger partial charge is 0.271 e. The molecule has 7 heteroatoms. The summed E-state index contributed by atoms with van der Waals surface area (Å²) in [5.41, 5.74) is 2.43. The molecule has 3 rings (SSSR count). The van der Waals surface area contributed by atoms with Gasteiger partial charge in [0, 0.05) is 25.6 Å². The Morgan fingerprint density at radius 2 is 2.08 bits per heavy atom. The Morgan fingerprint density at radius 1 is 1.36 bits per heavy atom. The van der Waals surface area contributed by atoms with Crippen LogP contribution in [0, 0.1) is 12.7 Å². The lowest BCUT2D eigenvalue weighted by atomic mass is 10.1. The predicted octanol–water partition coefficient (Wildman–Crippen LogP) is 2.42. The van der Waals surface area contributed by atoms with Gasteiger partial charge in [-0.3, -0.25) is 9.48 Å². The van der Waals surface area contributed by atoms with E-state index in [2.05, 4.69) is 10.4 Å². The van der Waals surface area contributed by atoms with Crippen molar-refractivity contribution in [3.63, 3.8) is 0 Å². The van der Waals surface area contributed by atoms with Crippen LogP contribution in [-0.4, -0.2) is 41.2 Å². The topological polar surface area (TPSA) is 65.4 Å². The minimum absolute atomic E-state index is 0.256. The summed E-state index contributed by atoms with van der Waals surface area (Å²) < 4.78 is 26.1. The Hall–Kier alpha value is -2.25. The molecule has 25 heavy (non-hydrogen) atoms. The number of amides is 1. The lowest BCUT2D eigenvalue weighted by Gasteiger charge is -2.21. The van der Waals surface area contributed by atoms with E-state index in [0.717, 1.165) is 11.3 Å². The van der Waals surface area contributed by atoms with Crippen molar-refractivity contribution in [1.82, 2.24) is 15.1 Å². The highest BCUT2D eigenvalue weighted by Crippen LogP contribution is 2.23. The first-order valence-corrected chi connectivity index (χ1v) is 8.25. The number of nitrogens with zero attached hydrogens (tertiary/aromatic N) is 2. The number of aromatic nitrogens is 2.